The highest BCUT2D eigenvalue weighted by Gasteiger charge is 2.31. The molecule has 2 aromatic rings. The van der Waals surface area contributed by atoms with Gasteiger partial charge in [-0.2, -0.15) is 13.2 Å². The van der Waals surface area contributed by atoms with Gasteiger partial charge in [-0.1, -0.05) is 0 Å². The number of nitrogens with zero attached hydrogens (tertiary/aromatic N) is 4. The topological polar surface area (TPSA) is 51.0 Å². The Bertz CT molecular complexity index is 822. The summed E-state index contributed by atoms with van der Waals surface area (Å²) in [6.07, 6.45) is -0.202. The van der Waals surface area contributed by atoms with Gasteiger partial charge >= 0.3 is 6.18 Å². The summed E-state index contributed by atoms with van der Waals surface area (Å²) in [5.41, 5.74) is 0.662. The van der Waals surface area contributed by atoms with Crippen LogP contribution >= 0.6 is 0 Å². The van der Waals surface area contributed by atoms with E-state index in [1.807, 2.05) is 11.8 Å². The highest BCUT2D eigenvalue weighted by molar-refractivity contribution is 5.40. The van der Waals surface area contributed by atoms with Crippen LogP contribution in [0.2, 0.25) is 0 Å². The first kappa shape index (κ1) is 18.4. The minimum Gasteiger partial charge on any atom is -0.357 e. The van der Waals surface area contributed by atoms with Crippen LogP contribution in [0.1, 0.15) is 29.7 Å². The second-order valence-corrected chi connectivity index (χ2v) is 6.75. The third-order valence-corrected chi connectivity index (χ3v) is 4.98. The van der Waals surface area contributed by atoms with Crippen LogP contribution in [0.3, 0.4) is 0 Å². The molecule has 0 amide bonds. The van der Waals surface area contributed by atoms with Crippen molar-refractivity contribution in [3.05, 3.63) is 51.8 Å². The van der Waals surface area contributed by atoms with Crippen molar-refractivity contribution in [3.8, 4) is 0 Å². The maximum atomic E-state index is 12.6. The van der Waals surface area contributed by atoms with Crippen LogP contribution in [0.15, 0.2) is 29.5 Å². The third kappa shape index (κ3) is 3.89. The van der Waals surface area contributed by atoms with E-state index in [0.717, 1.165) is 30.8 Å². The lowest BCUT2D eigenvalue weighted by atomic mass is 9.96. The van der Waals surface area contributed by atoms with Crippen LogP contribution in [0.25, 0.3) is 0 Å². The van der Waals surface area contributed by atoms with Crippen LogP contribution in [0.5, 0.6) is 0 Å². The molecule has 1 aliphatic rings. The monoisotopic (exact) mass is 366 g/mol. The quantitative estimate of drug-likeness (QED) is 0.837. The molecule has 0 unspecified atom stereocenters. The molecule has 1 aliphatic heterocycles. The summed E-state index contributed by atoms with van der Waals surface area (Å²) in [6.45, 7) is 5.62. The zero-order valence-corrected chi connectivity index (χ0v) is 14.8. The highest BCUT2D eigenvalue weighted by atomic mass is 19.4. The molecule has 0 bridgehead atoms. The summed E-state index contributed by atoms with van der Waals surface area (Å²) in [7, 11) is 0. The first-order valence-electron chi connectivity index (χ1n) is 8.56. The summed E-state index contributed by atoms with van der Waals surface area (Å²) in [6, 6.07) is 2.48. The molecule has 3 heterocycles. The van der Waals surface area contributed by atoms with Gasteiger partial charge in [0.2, 0.25) is 0 Å². The van der Waals surface area contributed by atoms with Crippen molar-refractivity contribution < 1.29 is 13.2 Å². The number of anilines is 1. The van der Waals surface area contributed by atoms with E-state index < -0.39 is 11.7 Å². The summed E-state index contributed by atoms with van der Waals surface area (Å²) in [5.74, 6) is 0.892. The molecular formula is C18H21F3N4O. The van der Waals surface area contributed by atoms with Gasteiger partial charge in [-0.05, 0) is 44.7 Å². The summed E-state index contributed by atoms with van der Waals surface area (Å²) in [4.78, 5) is 22.5. The molecule has 1 fully saturated rings. The Balaban J connectivity index is 1.61. The first-order chi connectivity index (χ1) is 12.3. The van der Waals surface area contributed by atoms with Crippen LogP contribution < -0.4 is 10.5 Å². The van der Waals surface area contributed by atoms with Gasteiger partial charge in [-0.25, -0.2) is 9.97 Å². The molecule has 1 saturated heterocycles. The molecule has 0 N–H and O–H groups in total. The average molecular weight is 366 g/mol. The average Bonchev–Trinajstić information content (AvgIpc) is 2.62. The van der Waals surface area contributed by atoms with Gasteiger partial charge in [0.25, 0.3) is 5.56 Å². The molecule has 0 radical (unpaired) electrons. The van der Waals surface area contributed by atoms with Crippen molar-refractivity contribution in [2.45, 2.75) is 39.4 Å². The molecule has 0 aromatic carbocycles. The maximum Gasteiger partial charge on any atom is 0.417 e. The Kier molecular flexibility index (Phi) is 5.02. The van der Waals surface area contributed by atoms with Gasteiger partial charge in [0.05, 0.1) is 11.9 Å². The standard InChI is InChI=1S/C18H21F3N4O/c1-12-13(2)23-11-25(17(12)26)10-14-5-7-24(8-6-14)16-4-3-15(9-22-16)18(19,20)21/h3-4,9,11,14H,5-8,10H2,1-2H3. The Hall–Kier alpha value is -2.38. The number of alkyl halides is 3. The molecule has 3 rings (SSSR count). The molecule has 2 aromatic heterocycles. The molecule has 140 valence electrons. The fraction of sp³-hybridized carbons (Fsp3) is 0.500. The van der Waals surface area contributed by atoms with Crippen molar-refractivity contribution in [2.24, 2.45) is 5.92 Å². The maximum absolute atomic E-state index is 12.6. The molecule has 0 saturated carbocycles. The van der Waals surface area contributed by atoms with Crippen molar-refractivity contribution in [3.63, 3.8) is 0 Å². The fourth-order valence-corrected chi connectivity index (χ4v) is 3.17. The van der Waals surface area contributed by atoms with Crippen LogP contribution in [0, 0.1) is 19.8 Å². The summed E-state index contributed by atoms with van der Waals surface area (Å²) < 4.78 is 39.5. The lowest BCUT2D eigenvalue weighted by molar-refractivity contribution is -0.137. The van der Waals surface area contributed by atoms with Crippen molar-refractivity contribution in [2.75, 3.05) is 18.0 Å². The number of aryl methyl sites for hydroxylation is 1. The predicted molar refractivity (Wildman–Crippen MR) is 92.1 cm³/mol. The van der Waals surface area contributed by atoms with E-state index in [4.69, 9.17) is 0 Å². The van der Waals surface area contributed by atoms with Crippen LogP contribution in [0.4, 0.5) is 19.0 Å². The van der Waals surface area contributed by atoms with Gasteiger partial charge in [0.1, 0.15) is 5.82 Å². The predicted octanol–water partition coefficient (Wildman–Crippen LogP) is 3.19. The molecule has 8 heteroatoms. The van der Waals surface area contributed by atoms with Crippen LogP contribution in [-0.4, -0.2) is 27.6 Å². The Labute approximate surface area is 149 Å². The number of hydrogen-bond acceptors (Lipinski definition) is 4. The summed E-state index contributed by atoms with van der Waals surface area (Å²) in [5, 5.41) is 0. The van der Waals surface area contributed by atoms with E-state index in [2.05, 4.69) is 9.97 Å². The lowest BCUT2D eigenvalue weighted by Gasteiger charge is -2.33. The molecular weight excluding hydrogens is 345 g/mol. The zero-order chi connectivity index (χ0) is 18.9. The normalized spacial score (nSPS) is 16.1. The molecule has 5 nitrogen and oxygen atoms in total. The summed E-state index contributed by atoms with van der Waals surface area (Å²) >= 11 is 0. The van der Waals surface area contributed by atoms with Gasteiger partial charge in [-0.15, -0.1) is 0 Å². The minimum atomic E-state index is -4.37. The van der Waals surface area contributed by atoms with Crippen molar-refractivity contribution in [1.82, 2.24) is 14.5 Å². The minimum absolute atomic E-state index is 0.00987. The van der Waals surface area contributed by atoms with Gasteiger partial charge in [0, 0.05) is 37.1 Å². The van der Waals surface area contributed by atoms with E-state index in [1.54, 1.807) is 17.8 Å². The third-order valence-electron chi connectivity index (χ3n) is 4.98. The van der Waals surface area contributed by atoms with Gasteiger partial charge in [0.15, 0.2) is 0 Å². The number of hydrogen-bond donors (Lipinski definition) is 0. The molecule has 26 heavy (non-hydrogen) atoms. The largest absolute Gasteiger partial charge is 0.417 e. The van der Waals surface area contributed by atoms with Gasteiger partial charge < -0.3 is 4.90 Å². The van der Waals surface area contributed by atoms with E-state index in [1.165, 1.54) is 6.07 Å². The smallest absolute Gasteiger partial charge is 0.357 e. The Morgan fingerprint density at radius 1 is 1.15 bits per heavy atom. The van der Waals surface area contributed by atoms with E-state index >= 15 is 0 Å². The van der Waals surface area contributed by atoms with E-state index in [0.29, 0.717) is 36.9 Å². The molecule has 0 aliphatic carbocycles. The van der Waals surface area contributed by atoms with Crippen molar-refractivity contribution >= 4 is 5.82 Å². The lowest BCUT2D eigenvalue weighted by Crippen LogP contribution is -2.37. The van der Waals surface area contributed by atoms with Gasteiger partial charge in [-0.3, -0.25) is 9.36 Å². The molecule has 0 atom stereocenters. The first-order valence-corrected chi connectivity index (χ1v) is 8.56. The molecule has 0 spiro atoms. The Morgan fingerprint density at radius 3 is 2.42 bits per heavy atom. The number of rotatable bonds is 3. The number of aromatic nitrogens is 3. The fourth-order valence-electron chi connectivity index (χ4n) is 3.17. The zero-order valence-electron chi connectivity index (χ0n) is 14.8. The SMILES string of the molecule is Cc1ncn(CC2CCN(c3ccc(C(F)(F)F)cn3)CC2)c(=O)c1C. The highest BCUT2D eigenvalue weighted by Crippen LogP contribution is 2.30. The number of pyridine rings is 1. The van der Waals surface area contributed by atoms with E-state index in [9.17, 15) is 18.0 Å². The van der Waals surface area contributed by atoms with E-state index in [-0.39, 0.29) is 5.56 Å². The number of halogens is 3. The van der Waals surface area contributed by atoms with Crippen molar-refractivity contribution in [1.29, 1.82) is 0 Å². The second-order valence-electron chi connectivity index (χ2n) is 6.75. The second kappa shape index (κ2) is 7.09. The Morgan fingerprint density at radius 2 is 1.85 bits per heavy atom. The number of piperidine rings is 1. The van der Waals surface area contributed by atoms with Crippen LogP contribution in [-0.2, 0) is 12.7 Å².